The number of hydrogen-bond acceptors (Lipinski definition) is 8. The summed E-state index contributed by atoms with van der Waals surface area (Å²) in [6, 6.07) is 16.1. The summed E-state index contributed by atoms with van der Waals surface area (Å²) in [6.07, 6.45) is 0.504. The van der Waals surface area contributed by atoms with Crippen molar-refractivity contribution in [1.82, 2.24) is 14.3 Å². The lowest BCUT2D eigenvalue weighted by Crippen LogP contribution is -2.40. The molecule has 0 saturated carbocycles. The summed E-state index contributed by atoms with van der Waals surface area (Å²) in [6.45, 7) is 1.31. The second kappa shape index (κ2) is 10.9. The van der Waals surface area contributed by atoms with Gasteiger partial charge in [-0.15, -0.1) is 11.3 Å². The standard InChI is InChI=1S/C26H25N3O6S2/c30-23(11-8-18-6-9-20(10-7-18)37(32,33)29-12-14-34-15-13-29)35-16-22-27-25(31)24-21(17-36-26(24)28-22)19-4-2-1-3-5-19/h1-7,9-10,17H,8,11-16H2,(H,27,28,31). The van der Waals surface area contributed by atoms with Gasteiger partial charge in [0, 0.05) is 30.5 Å². The molecule has 11 heteroatoms. The molecule has 0 atom stereocenters. The Balaban J connectivity index is 1.17. The average Bonchev–Trinajstić information content (AvgIpc) is 3.37. The molecule has 1 N–H and O–H groups in total. The fourth-order valence-corrected chi connectivity index (χ4v) is 6.50. The van der Waals surface area contributed by atoms with Crippen LogP contribution in [0.2, 0.25) is 0 Å². The first-order valence-electron chi connectivity index (χ1n) is 11.8. The molecule has 2 aromatic heterocycles. The number of aromatic nitrogens is 2. The van der Waals surface area contributed by atoms with Crippen molar-refractivity contribution in [3.63, 3.8) is 0 Å². The minimum absolute atomic E-state index is 0.110. The minimum Gasteiger partial charge on any atom is -0.458 e. The smallest absolute Gasteiger partial charge is 0.306 e. The molecule has 0 bridgehead atoms. The maximum Gasteiger partial charge on any atom is 0.306 e. The highest BCUT2D eigenvalue weighted by Gasteiger charge is 2.26. The average molecular weight is 540 g/mol. The minimum atomic E-state index is -3.56. The van der Waals surface area contributed by atoms with E-state index in [-0.39, 0.29) is 29.3 Å². The maximum atomic E-state index is 12.7. The number of ether oxygens (including phenoxy) is 2. The number of hydrogen-bond donors (Lipinski definition) is 1. The molecule has 1 fully saturated rings. The summed E-state index contributed by atoms with van der Waals surface area (Å²) in [5.74, 6) is -0.158. The number of fused-ring (bicyclic) bond motifs is 1. The number of aromatic amines is 1. The van der Waals surface area contributed by atoms with Crippen molar-refractivity contribution < 1.29 is 22.7 Å². The SMILES string of the molecule is O=C(CCc1ccc(S(=O)(=O)N2CCOCC2)cc1)OCc1nc2scc(-c3ccccc3)c2c(=O)[nH]1. The molecule has 9 nitrogen and oxygen atoms in total. The molecule has 2 aromatic carbocycles. The molecular weight excluding hydrogens is 514 g/mol. The predicted molar refractivity (Wildman–Crippen MR) is 140 cm³/mol. The van der Waals surface area contributed by atoms with Crippen LogP contribution in [0.15, 0.2) is 69.7 Å². The number of H-pyrrole nitrogens is 1. The van der Waals surface area contributed by atoms with Gasteiger partial charge in [0.1, 0.15) is 17.3 Å². The molecule has 192 valence electrons. The van der Waals surface area contributed by atoms with Gasteiger partial charge in [-0.3, -0.25) is 9.59 Å². The number of nitrogens with one attached hydrogen (secondary N) is 1. The van der Waals surface area contributed by atoms with Crippen LogP contribution in [0.4, 0.5) is 0 Å². The fourth-order valence-electron chi connectivity index (χ4n) is 4.12. The Morgan fingerprint density at radius 2 is 1.81 bits per heavy atom. The molecule has 1 aliphatic rings. The lowest BCUT2D eigenvalue weighted by Gasteiger charge is -2.26. The van der Waals surface area contributed by atoms with Crippen LogP contribution >= 0.6 is 11.3 Å². The molecule has 0 unspecified atom stereocenters. The van der Waals surface area contributed by atoms with E-state index in [1.165, 1.54) is 15.6 Å². The highest BCUT2D eigenvalue weighted by molar-refractivity contribution is 7.89. The molecule has 1 saturated heterocycles. The number of sulfonamides is 1. The quantitative estimate of drug-likeness (QED) is 0.341. The van der Waals surface area contributed by atoms with Crippen molar-refractivity contribution in [3.8, 4) is 11.1 Å². The van der Waals surface area contributed by atoms with Crippen LogP contribution in [0, 0.1) is 0 Å². The molecule has 37 heavy (non-hydrogen) atoms. The van der Waals surface area contributed by atoms with Crippen molar-refractivity contribution in [2.45, 2.75) is 24.3 Å². The van der Waals surface area contributed by atoms with Crippen molar-refractivity contribution in [2.75, 3.05) is 26.3 Å². The zero-order chi connectivity index (χ0) is 25.8. The number of rotatable bonds is 8. The molecule has 5 rings (SSSR count). The van der Waals surface area contributed by atoms with Crippen LogP contribution in [-0.2, 0) is 37.3 Å². The summed E-state index contributed by atoms with van der Waals surface area (Å²) in [7, 11) is -3.56. The molecular formula is C26H25N3O6S2. The van der Waals surface area contributed by atoms with E-state index in [0.29, 0.717) is 42.9 Å². The van der Waals surface area contributed by atoms with Crippen LogP contribution in [0.3, 0.4) is 0 Å². The maximum absolute atomic E-state index is 12.7. The normalized spacial score (nSPS) is 14.6. The van der Waals surface area contributed by atoms with Crippen molar-refractivity contribution in [2.24, 2.45) is 0 Å². The number of carbonyl (C=O) groups is 1. The van der Waals surface area contributed by atoms with Crippen LogP contribution in [-0.4, -0.2) is 55.0 Å². The van der Waals surface area contributed by atoms with Gasteiger partial charge in [-0.05, 0) is 29.7 Å². The molecule has 0 spiro atoms. The fraction of sp³-hybridized carbons (Fsp3) is 0.269. The van der Waals surface area contributed by atoms with Gasteiger partial charge in [-0.25, -0.2) is 13.4 Å². The lowest BCUT2D eigenvalue weighted by atomic mass is 10.1. The molecule has 0 radical (unpaired) electrons. The highest BCUT2D eigenvalue weighted by atomic mass is 32.2. The summed E-state index contributed by atoms with van der Waals surface area (Å²) in [5.41, 5.74) is 2.30. The van der Waals surface area contributed by atoms with E-state index in [9.17, 15) is 18.0 Å². The van der Waals surface area contributed by atoms with Crippen molar-refractivity contribution in [3.05, 3.63) is 81.7 Å². The van der Waals surface area contributed by atoms with Gasteiger partial charge in [0.2, 0.25) is 10.0 Å². The van der Waals surface area contributed by atoms with Crippen LogP contribution in [0.25, 0.3) is 21.3 Å². The van der Waals surface area contributed by atoms with Gasteiger partial charge in [0.25, 0.3) is 5.56 Å². The van der Waals surface area contributed by atoms with Gasteiger partial charge >= 0.3 is 5.97 Å². The van der Waals surface area contributed by atoms with E-state index in [4.69, 9.17) is 9.47 Å². The first-order valence-corrected chi connectivity index (χ1v) is 14.1. The number of morpholine rings is 1. The third-order valence-corrected chi connectivity index (χ3v) is 8.88. The van der Waals surface area contributed by atoms with E-state index >= 15 is 0 Å². The van der Waals surface area contributed by atoms with Gasteiger partial charge in [-0.1, -0.05) is 42.5 Å². The Labute approximate surface area is 217 Å². The molecule has 3 heterocycles. The largest absolute Gasteiger partial charge is 0.458 e. The van der Waals surface area contributed by atoms with Crippen LogP contribution in [0.5, 0.6) is 0 Å². The summed E-state index contributed by atoms with van der Waals surface area (Å²) in [4.78, 5) is 33.0. The van der Waals surface area contributed by atoms with E-state index in [2.05, 4.69) is 9.97 Å². The van der Waals surface area contributed by atoms with E-state index in [1.807, 2.05) is 35.7 Å². The van der Waals surface area contributed by atoms with Crippen molar-refractivity contribution >= 4 is 37.5 Å². The number of aryl methyl sites for hydroxylation is 1. The van der Waals surface area contributed by atoms with Crippen LogP contribution < -0.4 is 5.56 Å². The number of nitrogens with zero attached hydrogens (tertiary/aromatic N) is 2. The Morgan fingerprint density at radius 1 is 1.08 bits per heavy atom. The van der Waals surface area contributed by atoms with Crippen LogP contribution in [0.1, 0.15) is 17.8 Å². The molecule has 1 aliphatic heterocycles. The topological polar surface area (TPSA) is 119 Å². The zero-order valence-electron chi connectivity index (χ0n) is 19.9. The first-order chi connectivity index (χ1) is 17.9. The Bertz CT molecular complexity index is 1560. The lowest BCUT2D eigenvalue weighted by molar-refractivity contribution is -0.145. The Hall–Kier alpha value is -3.38. The third kappa shape index (κ3) is 5.64. The number of esters is 1. The van der Waals surface area contributed by atoms with Gasteiger partial charge in [0.05, 0.1) is 23.5 Å². The summed E-state index contributed by atoms with van der Waals surface area (Å²) < 4.78 is 37.4. The third-order valence-electron chi connectivity index (χ3n) is 6.10. The summed E-state index contributed by atoms with van der Waals surface area (Å²) in [5, 5.41) is 2.42. The first kappa shape index (κ1) is 25.3. The van der Waals surface area contributed by atoms with E-state index in [1.54, 1.807) is 24.3 Å². The molecule has 0 amide bonds. The second-order valence-corrected chi connectivity index (χ2v) is 11.3. The van der Waals surface area contributed by atoms with E-state index in [0.717, 1.165) is 16.7 Å². The predicted octanol–water partition coefficient (Wildman–Crippen LogP) is 3.35. The van der Waals surface area contributed by atoms with E-state index < -0.39 is 16.0 Å². The Kier molecular flexibility index (Phi) is 7.47. The van der Waals surface area contributed by atoms with Gasteiger partial charge in [-0.2, -0.15) is 4.31 Å². The molecule has 4 aromatic rings. The number of carbonyl (C=O) groups excluding carboxylic acids is 1. The zero-order valence-corrected chi connectivity index (χ0v) is 21.5. The second-order valence-electron chi connectivity index (χ2n) is 8.53. The summed E-state index contributed by atoms with van der Waals surface area (Å²) >= 11 is 1.37. The number of benzene rings is 2. The monoisotopic (exact) mass is 539 g/mol. The Morgan fingerprint density at radius 3 is 2.54 bits per heavy atom. The van der Waals surface area contributed by atoms with Gasteiger partial charge < -0.3 is 14.5 Å². The highest BCUT2D eigenvalue weighted by Crippen LogP contribution is 2.30. The van der Waals surface area contributed by atoms with Crippen molar-refractivity contribution in [1.29, 1.82) is 0 Å². The number of thiophene rings is 1. The molecule has 0 aliphatic carbocycles. The van der Waals surface area contributed by atoms with Gasteiger partial charge in [0.15, 0.2) is 0 Å².